The first-order valence-electron chi connectivity index (χ1n) is 8.73. The van der Waals surface area contributed by atoms with Crippen molar-refractivity contribution < 1.29 is 4.79 Å². The molecule has 2 heterocycles. The van der Waals surface area contributed by atoms with E-state index in [9.17, 15) is 4.79 Å². The average Bonchev–Trinajstić information content (AvgIpc) is 3.21. The van der Waals surface area contributed by atoms with Gasteiger partial charge in [0.25, 0.3) is 5.91 Å². The summed E-state index contributed by atoms with van der Waals surface area (Å²) < 4.78 is 2.00. The molecule has 1 unspecified atom stereocenters. The Morgan fingerprint density at radius 1 is 1.38 bits per heavy atom. The Kier molecular flexibility index (Phi) is 5.30. The molecule has 0 radical (unpaired) electrons. The molecule has 3 rings (SSSR count). The fourth-order valence-electron chi connectivity index (χ4n) is 3.31. The Labute approximate surface area is 143 Å². The van der Waals surface area contributed by atoms with Gasteiger partial charge >= 0.3 is 0 Å². The van der Waals surface area contributed by atoms with Crippen molar-refractivity contribution in [3.63, 3.8) is 0 Å². The third kappa shape index (κ3) is 4.03. The summed E-state index contributed by atoms with van der Waals surface area (Å²) in [6, 6.07) is 10.1. The van der Waals surface area contributed by atoms with E-state index in [0.717, 1.165) is 49.4 Å². The highest BCUT2D eigenvalue weighted by Gasteiger charge is 2.17. The Morgan fingerprint density at radius 2 is 2.25 bits per heavy atom. The fraction of sp³-hybridized carbons (Fsp3) is 0.474. The topological polar surface area (TPSA) is 59.0 Å². The number of carbonyl (C=O) groups is 1. The van der Waals surface area contributed by atoms with Crippen molar-refractivity contribution in [1.29, 1.82) is 0 Å². The molecule has 0 saturated carbocycles. The van der Waals surface area contributed by atoms with Gasteiger partial charge in [0, 0.05) is 30.9 Å². The van der Waals surface area contributed by atoms with E-state index in [-0.39, 0.29) is 5.91 Å². The molecule has 24 heavy (non-hydrogen) atoms. The van der Waals surface area contributed by atoms with Crippen LogP contribution in [0.2, 0.25) is 0 Å². The van der Waals surface area contributed by atoms with E-state index in [0.29, 0.717) is 12.5 Å². The van der Waals surface area contributed by atoms with Crippen molar-refractivity contribution in [2.75, 3.05) is 19.6 Å². The van der Waals surface area contributed by atoms with E-state index >= 15 is 0 Å². The van der Waals surface area contributed by atoms with E-state index in [2.05, 4.69) is 34.8 Å². The van der Waals surface area contributed by atoms with Gasteiger partial charge < -0.3 is 10.6 Å². The largest absolute Gasteiger partial charge is 0.352 e. The molecule has 1 aromatic carbocycles. The van der Waals surface area contributed by atoms with Crippen LogP contribution in [-0.2, 0) is 6.54 Å². The van der Waals surface area contributed by atoms with Crippen LogP contribution in [0.15, 0.2) is 30.3 Å². The van der Waals surface area contributed by atoms with Gasteiger partial charge in [-0.25, -0.2) is 0 Å². The maximum absolute atomic E-state index is 12.3. The van der Waals surface area contributed by atoms with Crippen molar-refractivity contribution in [3.05, 3.63) is 52.8 Å². The standard InChI is InChI=1S/C19H26N4O/c1-14-11-15(2)23(22-14)10-4-8-21-19(24)17-6-3-5-16(12-17)18-7-9-20-13-18/h3,5-6,11-12,18,20H,4,7-10,13H2,1-2H3,(H,21,24). The van der Waals surface area contributed by atoms with E-state index in [4.69, 9.17) is 0 Å². The summed E-state index contributed by atoms with van der Waals surface area (Å²) in [5.41, 5.74) is 4.22. The minimum absolute atomic E-state index is 0.0103. The Morgan fingerprint density at radius 3 is 2.96 bits per heavy atom. The lowest BCUT2D eigenvalue weighted by Gasteiger charge is -2.11. The highest BCUT2D eigenvalue weighted by molar-refractivity contribution is 5.94. The monoisotopic (exact) mass is 326 g/mol. The summed E-state index contributed by atoms with van der Waals surface area (Å²) >= 11 is 0. The first-order chi connectivity index (χ1) is 11.6. The van der Waals surface area contributed by atoms with Crippen LogP contribution in [0.3, 0.4) is 0 Å². The van der Waals surface area contributed by atoms with E-state index in [1.165, 1.54) is 5.56 Å². The average molecular weight is 326 g/mol. The van der Waals surface area contributed by atoms with Gasteiger partial charge in [0.05, 0.1) is 5.69 Å². The predicted molar refractivity (Wildman–Crippen MR) is 95.3 cm³/mol. The molecular formula is C19H26N4O. The van der Waals surface area contributed by atoms with Gasteiger partial charge in [-0.1, -0.05) is 12.1 Å². The Bertz CT molecular complexity index is 701. The molecule has 1 fully saturated rings. The van der Waals surface area contributed by atoms with Gasteiger partial charge in [0.2, 0.25) is 0 Å². The first kappa shape index (κ1) is 16.7. The van der Waals surface area contributed by atoms with Gasteiger partial charge in [-0.2, -0.15) is 5.10 Å². The molecule has 2 N–H and O–H groups in total. The van der Waals surface area contributed by atoms with Gasteiger partial charge in [-0.05, 0) is 62.9 Å². The van der Waals surface area contributed by atoms with Crippen molar-refractivity contribution in [2.24, 2.45) is 0 Å². The molecule has 1 amide bonds. The predicted octanol–water partition coefficient (Wildman–Crippen LogP) is 2.40. The highest BCUT2D eigenvalue weighted by Crippen LogP contribution is 2.22. The second kappa shape index (κ2) is 7.62. The molecule has 1 aliphatic rings. The maximum Gasteiger partial charge on any atom is 0.251 e. The summed E-state index contributed by atoms with van der Waals surface area (Å²) in [5.74, 6) is 0.542. The van der Waals surface area contributed by atoms with Crippen LogP contribution in [0.25, 0.3) is 0 Å². The lowest BCUT2D eigenvalue weighted by Crippen LogP contribution is -2.25. The minimum Gasteiger partial charge on any atom is -0.352 e. The Balaban J connectivity index is 1.50. The summed E-state index contributed by atoms with van der Waals surface area (Å²) in [5, 5.41) is 10.8. The normalized spacial score (nSPS) is 17.2. The van der Waals surface area contributed by atoms with E-state index in [1.54, 1.807) is 0 Å². The van der Waals surface area contributed by atoms with Crippen molar-refractivity contribution in [1.82, 2.24) is 20.4 Å². The number of rotatable bonds is 6. The Hall–Kier alpha value is -2.14. The minimum atomic E-state index is 0.0103. The molecule has 1 aliphatic heterocycles. The van der Waals surface area contributed by atoms with Crippen LogP contribution in [0, 0.1) is 13.8 Å². The SMILES string of the molecule is Cc1cc(C)n(CCCNC(=O)c2cccc(C3CCNC3)c2)n1. The summed E-state index contributed by atoms with van der Waals surface area (Å²) in [7, 11) is 0. The van der Waals surface area contributed by atoms with Crippen molar-refractivity contribution in [2.45, 2.75) is 39.2 Å². The lowest BCUT2D eigenvalue weighted by molar-refractivity contribution is 0.0952. The third-order valence-electron chi connectivity index (χ3n) is 4.62. The lowest BCUT2D eigenvalue weighted by atomic mass is 9.96. The molecule has 0 spiro atoms. The van der Waals surface area contributed by atoms with Crippen LogP contribution >= 0.6 is 0 Å². The molecule has 1 aromatic heterocycles. The smallest absolute Gasteiger partial charge is 0.251 e. The molecule has 1 saturated heterocycles. The number of carbonyl (C=O) groups excluding carboxylic acids is 1. The van der Waals surface area contributed by atoms with Crippen LogP contribution in [-0.4, -0.2) is 35.3 Å². The molecule has 0 aliphatic carbocycles. The van der Waals surface area contributed by atoms with E-state index < -0.39 is 0 Å². The fourth-order valence-corrected chi connectivity index (χ4v) is 3.31. The molecule has 0 bridgehead atoms. The number of nitrogens with one attached hydrogen (secondary N) is 2. The number of hydrogen-bond donors (Lipinski definition) is 2. The number of benzene rings is 1. The number of hydrogen-bond acceptors (Lipinski definition) is 3. The number of nitrogens with zero attached hydrogens (tertiary/aromatic N) is 2. The molecule has 5 nitrogen and oxygen atoms in total. The molecular weight excluding hydrogens is 300 g/mol. The van der Waals surface area contributed by atoms with Gasteiger partial charge in [-0.3, -0.25) is 9.48 Å². The first-order valence-corrected chi connectivity index (χ1v) is 8.73. The van der Waals surface area contributed by atoms with Crippen LogP contribution in [0.4, 0.5) is 0 Å². The second-order valence-corrected chi connectivity index (χ2v) is 6.57. The van der Waals surface area contributed by atoms with E-state index in [1.807, 2.05) is 29.8 Å². The molecule has 2 aromatic rings. The third-order valence-corrected chi connectivity index (χ3v) is 4.62. The van der Waals surface area contributed by atoms with Crippen LogP contribution < -0.4 is 10.6 Å². The quantitative estimate of drug-likeness (QED) is 0.802. The van der Waals surface area contributed by atoms with Crippen LogP contribution in [0.5, 0.6) is 0 Å². The molecule has 1 atom stereocenters. The number of aromatic nitrogens is 2. The van der Waals surface area contributed by atoms with Gasteiger partial charge in [0.1, 0.15) is 0 Å². The number of aryl methyl sites for hydroxylation is 3. The summed E-state index contributed by atoms with van der Waals surface area (Å²) in [6.45, 7) is 7.61. The zero-order chi connectivity index (χ0) is 16.9. The highest BCUT2D eigenvalue weighted by atomic mass is 16.1. The maximum atomic E-state index is 12.3. The number of amides is 1. The van der Waals surface area contributed by atoms with Crippen molar-refractivity contribution in [3.8, 4) is 0 Å². The van der Waals surface area contributed by atoms with Gasteiger partial charge in [0.15, 0.2) is 0 Å². The second-order valence-electron chi connectivity index (χ2n) is 6.57. The molecule has 5 heteroatoms. The van der Waals surface area contributed by atoms with Crippen molar-refractivity contribution >= 4 is 5.91 Å². The van der Waals surface area contributed by atoms with Crippen LogP contribution in [0.1, 0.15) is 46.1 Å². The van der Waals surface area contributed by atoms with Gasteiger partial charge in [-0.15, -0.1) is 0 Å². The molecule has 128 valence electrons. The zero-order valence-electron chi connectivity index (χ0n) is 14.5. The zero-order valence-corrected chi connectivity index (χ0v) is 14.5. The summed E-state index contributed by atoms with van der Waals surface area (Å²) in [6.07, 6.45) is 2.02. The summed E-state index contributed by atoms with van der Waals surface area (Å²) in [4.78, 5) is 12.3.